The Bertz CT molecular complexity index is 4220. The highest BCUT2D eigenvalue weighted by Crippen LogP contribution is 2.69. The Morgan fingerprint density at radius 2 is 0.695 bits per heavy atom. The molecule has 0 saturated heterocycles. The zero-order valence-corrected chi connectivity index (χ0v) is 45.7. The van der Waals surface area contributed by atoms with Crippen LogP contribution < -0.4 is 9.80 Å². The molecule has 0 aliphatic heterocycles. The molecule has 1 spiro atoms. The van der Waals surface area contributed by atoms with E-state index in [1.807, 2.05) is 0 Å². The zero-order chi connectivity index (χ0) is 54.2. The van der Waals surface area contributed by atoms with E-state index in [9.17, 15) is 0 Å². The molecule has 1 fully saturated rings. The van der Waals surface area contributed by atoms with Gasteiger partial charge in [-0.1, -0.05) is 243 Å². The lowest BCUT2D eigenvalue weighted by molar-refractivity contribution is 0.350. The number of anilines is 6. The topological polar surface area (TPSA) is 6.48 Å². The van der Waals surface area contributed by atoms with Crippen LogP contribution in [0.15, 0.2) is 303 Å². The van der Waals surface area contributed by atoms with E-state index in [4.69, 9.17) is 0 Å². The molecule has 0 N–H and O–H groups in total. The van der Waals surface area contributed by atoms with Crippen LogP contribution in [0, 0.1) is 11.8 Å². The van der Waals surface area contributed by atoms with Crippen LogP contribution in [0.5, 0.6) is 0 Å². The van der Waals surface area contributed by atoms with Gasteiger partial charge in [0.05, 0.1) is 16.8 Å². The molecular formula is C80H60N2. The first kappa shape index (κ1) is 48.2. The lowest BCUT2D eigenvalue weighted by Gasteiger charge is -2.40. The zero-order valence-electron chi connectivity index (χ0n) is 45.7. The van der Waals surface area contributed by atoms with Crippen molar-refractivity contribution in [2.45, 2.75) is 36.5 Å². The predicted octanol–water partition coefficient (Wildman–Crippen LogP) is 20.4. The highest BCUT2D eigenvalue weighted by molar-refractivity contribution is 5.96. The van der Waals surface area contributed by atoms with Gasteiger partial charge in [-0.2, -0.15) is 0 Å². The summed E-state index contributed by atoms with van der Waals surface area (Å²) in [5.41, 5.74) is 27.5. The first-order chi connectivity index (χ1) is 40.7. The van der Waals surface area contributed by atoms with Crippen LogP contribution in [0.4, 0.5) is 34.1 Å². The molecule has 0 bridgehead atoms. The molecule has 4 aliphatic carbocycles. The molecule has 12 aromatic rings. The summed E-state index contributed by atoms with van der Waals surface area (Å²) in [4.78, 5) is 5.21. The number of nitrogens with zero attached hydrogens (tertiary/aromatic N) is 2. The Labute approximate surface area is 481 Å². The second kappa shape index (κ2) is 19.5. The summed E-state index contributed by atoms with van der Waals surface area (Å²) in [5.74, 6) is 0.913. The van der Waals surface area contributed by atoms with Gasteiger partial charge in [-0.25, -0.2) is 0 Å². The number of rotatable bonds is 11. The van der Waals surface area contributed by atoms with Gasteiger partial charge >= 0.3 is 0 Å². The Balaban J connectivity index is 0.887. The Kier molecular flexibility index (Phi) is 11.5. The molecule has 12 aromatic carbocycles. The van der Waals surface area contributed by atoms with E-state index in [1.54, 1.807) is 0 Å². The number of benzene rings is 12. The smallest absolute Gasteiger partial charge is 0.0714 e. The van der Waals surface area contributed by atoms with Crippen molar-refractivity contribution in [2.75, 3.05) is 9.80 Å². The third-order valence-corrected chi connectivity index (χ3v) is 19.0. The summed E-state index contributed by atoms with van der Waals surface area (Å²) >= 11 is 0. The van der Waals surface area contributed by atoms with Crippen molar-refractivity contribution in [1.82, 2.24) is 0 Å². The summed E-state index contributed by atoms with van der Waals surface area (Å²) in [6.07, 6.45) is 4.53. The standard InChI is InChI=1S/C80H60N2/c1-7-24-55(25-8-1)68-39-23-40-69(56-26-9-2-10-27-56)76(68)57-44-48-66(49-45-57)81(64-34-15-5-16-35-64)74-42-21-28-58-52-62-46-47-63-53-59-29-22-43-75(78(59)80(62,63)77(58)74)82(65-36-17-6-18-37-65)67-50-51-71-70-38-19-20-41-72(70)79(73(71)54-67,60-30-11-3-12-31-60)61-32-13-4-14-33-61/h1-45,48-51,54,62-63H,46-47,52-53H2. The van der Waals surface area contributed by atoms with Gasteiger partial charge in [0, 0.05) is 28.2 Å². The van der Waals surface area contributed by atoms with Crippen LogP contribution in [-0.2, 0) is 23.7 Å². The molecule has 0 aromatic heterocycles. The minimum Gasteiger partial charge on any atom is -0.310 e. The Morgan fingerprint density at radius 3 is 1.22 bits per heavy atom. The SMILES string of the molecule is c1ccc(-c2cccc(-c3ccccc3)c2-c2ccc(N(c3ccccc3)c3cccc4c3C35c6c(cccc6N(c6ccccc6)c6ccc7c(c6)C(c6ccccc6)(c6ccccc6)c6ccccc6-7)CC3CCC5C4)cc2)cc1. The van der Waals surface area contributed by atoms with Crippen LogP contribution in [0.2, 0.25) is 0 Å². The maximum absolute atomic E-state index is 2.63. The number of fused-ring (bicyclic) bond motifs is 5. The van der Waals surface area contributed by atoms with Gasteiger partial charge < -0.3 is 9.80 Å². The van der Waals surface area contributed by atoms with Gasteiger partial charge in [0.1, 0.15) is 0 Å². The van der Waals surface area contributed by atoms with E-state index in [0.717, 1.165) is 29.9 Å². The van der Waals surface area contributed by atoms with Crippen LogP contribution in [0.1, 0.15) is 57.3 Å². The van der Waals surface area contributed by atoms with Crippen LogP contribution >= 0.6 is 0 Å². The highest BCUT2D eigenvalue weighted by atomic mass is 15.2. The van der Waals surface area contributed by atoms with Crippen molar-refractivity contribution in [2.24, 2.45) is 11.8 Å². The van der Waals surface area contributed by atoms with Crippen molar-refractivity contribution < 1.29 is 0 Å². The highest BCUT2D eigenvalue weighted by Gasteiger charge is 2.62. The van der Waals surface area contributed by atoms with E-state index in [2.05, 4.69) is 313 Å². The fourth-order valence-electron chi connectivity index (χ4n) is 16.0. The molecule has 0 radical (unpaired) electrons. The largest absolute Gasteiger partial charge is 0.310 e. The molecule has 3 unspecified atom stereocenters. The Hall–Kier alpha value is -9.76. The fraction of sp³-hybridized carbons (Fsp3) is 0.100. The average molecular weight is 1050 g/mol. The van der Waals surface area contributed by atoms with Gasteiger partial charge in [0.2, 0.25) is 0 Å². The summed E-state index contributed by atoms with van der Waals surface area (Å²) in [6.45, 7) is 0. The van der Waals surface area contributed by atoms with E-state index in [-0.39, 0.29) is 5.41 Å². The number of hydrogen-bond donors (Lipinski definition) is 0. The maximum Gasteiger partial charge on any atom is 0.0714 e. The van der Waals surface area contributed by atoms with E-state index in [1.165, 1.54) is 119 Å². The maximum atomic E-state index is 2.63. The molecule has 3 atom stereocenters. The first-order valence-electron chi connectivity index (χ1n) is 29.3. The van der Waals surface area contributed by atoms with Crippen LogP contribution in [0.25, 0.3) is 44.5 Å². The van der Waals surface area contributed by atoms with Crippen molar-refractivity contribution in [3.8, 4) is 44.5 Å². The van der Waals surface area contributed by atoms with Crippen molar-refractivity contribution in [3.63, 3.8) is 0 Å². The monoisotopic (exact) mass is 1050 g/mol. The molecule has 390 valence electrons. The number of hydrogen-bond acceptors (Lipinski definition) is 2. The summed E-state index contributed by atoms with van der Waals surface area (Å²) in [5, 5.41) is 0. The third-order valence-electron chi connectivity index (χ3n) is 19.0. The van der Waals surface area contributed by atoms with Crippen molar-refractivity contribution in [1.29, 1.82) is 0 Å². The molecular weight excluding hydrogens is 989 g/mol. The predicted molar refractivity (Wildman–Crippen MR) is 340 cm³/mol. The lowest BCUT2D eigenvalue weighted by Crippen LogP contribution is -2.34. The van der Waals surface area contributed by atoms with Crippen LogP contribution in [0.3, 0.4) is 0 Å². The quantitative estimate of drug-likeness (QED) is 0.127. The summed E-state index contributed by atoms with van der Waals surface area (Å²) < 4.78 is 0. The number of para-hydroxylation sites is 2. The second-order valence-corrected chi connectivity index (χ2v) is 23.0. The van der Waals surface area contributed by atoms with Gasteiger partial charge in [-0.15, -0.1) is 0 Å². The average Bonchev–Trinajstić information content (AvgIpc) is 1.72. The molecule has 16 rings (SSSR count). The minimum absolute atomic E-state index is 0.220. The molecule has 2 heteroatoms. The fourth-order valence-corrected chi connectivity index (χ4v) is 16.0. The summed E-state index contributed by atoms with van der Waals surface area (Å²) in [6, 6.07) is 114. The molecule has 1 saturated carbocycles. The third kappa shape index (κ3) is 7.27. The van der Waals surface area contributed by atoms with Gasteiger partial charge in [-0.3, -0.25) is 0 Å². The molecule has 82 heavy (non-hydrogen) atoms. The van der Waals surface area contributed by atoms with Gasteiger partial charge in [-0.05, 0) is 187 Å². The van der Waals surface area contributed by atoms with Crippen molar-refractivity contribution >= 4 is 34.1 Å². The van der Waals surface area contributed by atoms with Gasteiger partial charge in [0.25, 0.3) is 0 Å². The molecule has 4 aliphatic rings. The molecule has 0 heterocycles. The Morgan fingerprint density at radius 1 is 0.293 bits per heavy atom. The van der Waals surface area contributed by atoms with E-state index in [0.29, 0.717) is 11.8 Å². The van der Waals surface area contributed by atoms with Crippen molar-refractivity contribution in [3.05, 3.63) is 348 Å². The van der Waals surface area contributed by atoms with Gasteiger partial charge in [0.15, 0.2) is 0 Å². The molecule has 0 amide bonds. The first-order valence-corrected chi connectivity index (χ1v) is 29.3. The summed E-state index contributed by atoms with van der Waals surface area (Å²) in [7, 11) is 0. The second-order valence-electron chi connectivity index (χ2n) is 23.0. The lowest BCUT2D eigenvalue weighted by atomic mass is 9.67. The minimum atomic E-state index is -0.528. The molecule has 2 nitrogen and oxygen atoms in total. The normalized spacial score (nSPS) is 17.5. The van der Waals surface area contributed by atoms with E-state index < -0.39 is 5.41 Å². The van der Waals surface area contributed by atoms with E-state index >= 15 is 0 Å². The van der Waals surface area contributed by atoms with Crippen LogP contribution in [-0.4, -0.2) is 0 Å².